The van der Waals surface area contributed by atoms with Crippen LogP contribution >= 0.6 is 0 Å². The Morgan fingerprint density at radius 3 is 2.74 bits per heavy atom. The molecule has 0 fully saturated rings. The van der Waals surface area contributed by atoms with Crippen molar-refractivity contribution in [1.82, 2.24) is 5.32 Å². The third kappa shape index (κ3) is 4.12. The topological polar surface area (TPSA) is 111 Å². The highest BCUT2D eigenvalue weighted by Gasteiger charge is 2.40. The Kier molecular flexibility index (Phi) is 5.01. The number of isocyanates is 1. The second-order valence-corrected chi connectivity index (χ2v) is 4.72. The maximum absolute atomic E-state index is 11.7. The van der Waals surface area contributed by atoms with Gasteiger partial charge in [-0.2, -0.15) is 0 Å². The Morgan fingerprint density at radius 1 is 1.43 bits per heavy atom. The Morgan fingerprint density at radius 2 is 2.17 bits per heavy atom. The number of carbonyl (C=O) groups is 1. The van der Waals surface area contributed by atoms with Crippen LogP contribution in [-0.4, -0.2) is 22.8 Å². The van der Waals surface area contributed by atoms with Crippen LogP contribution in [0.4, 0.5) is 4.79 Å². The van der Waals surface area contributed by atoms with Gasteiger partial charge in [0.05, 0.1) is 11.3 Å². The Hall–Kier alpha value is -3.25. The van der Waals surface area contributed by atoms with Crippen LogP contribution in [0.15, 0.2) is 59.2 Å². The summed E-state index contributed by atoms with van der Waals surface area (Å²) in [6.07, 6.45) is 4.17. The van der Waals surface area contributed by atoms with Crippen molar-refractivity contribution in [2.75, 3.05) is 0 Å². The second kappa shape index (κ2) is 7.15. The van der Waals surface area contributed by atoms with Gasteiger partial charge in [-0.25, -0.2) is 9.59 Å². The molecule has 118 valence electrons. The molecule has 0 spiro atoms. The van der Waals surface area contributed by atoms with Gasteiger partial charge in [0.1, 0.15) is 6.61 Å². The zero-order valence-electron chi connectivity index (χ0n) is 12.0. The van der Waals surface area contributed by atoms with E-state index in [2.05, 4.69) is 10.3 Å². The lowest BCUT2D eigenvalue weighted by molar-refractivity contribution is -0.552. The number of hydrogen-bond donors (Lipinski definition) is 1. The van der Waals surface area contributed by atoms with Gasteiger partial charge in [-0.1, -0.05) is 36.4 Å². The molecule has 8 heteroatoms. The lowest BCUT2D eigenvalue weighted by atomic mass is 10.0. The van der Waals surface area contributed by atoms with Crippen molar-refractivity contribution in [3.63, 3.8) is 0 Å². The zero-order valence-corrected chi connectivity index (χ0v) is 12.0. The van der Waals surface area contributed by atoms with E-state index in [-0.39, 0.29) is 13.0 Å². The van der Waals surface area contributed by atoms with Gasteiger partial charge in [0.2, 0.25) is 6.08 Å². The predicted molar refractivity (Wildman–Crippen MR) is 79.4 cm³/mol. The van der Waals surface area contributed by atoms with Crippen molar-refractivity contribution in [3.05, 3.63) is 69.9 Å². The summed E-state index contributed by atoms with van der Waals surface area (Å²) < 4.78 is 5.03. The molecule has 1 atom stereocenters. The van der Waals surface area contributed by atoms with E-state index in [1.165, 1.54) is 18.2 Å². The van der Waals surface area contributed by atoms with Crippen molar-refractivity contribution < 1.29 is 19.2 Å². The lowest BCUT2D eigenvalue weighted by Gasteiger charge is -2.18. The third-order valence-corrected chi connectivity index (χ3v) is 3.17. The van der Waals surface area contributed by atoms with Crippen molar-refractivity contribution >= 4 is 12.2 Å². The van der Waals surface area contributed by atoms with Gasteiger partial charge in [0.15, 0.2) is 0 Å². The van der Waals surface area contributed by atoms with Gasteiger partial charge < -0.3 is 4.74 Å². The quantitative estimate of drug-likeness (QED) is 0.387. The summed E-state index contributed by atoms with van der Waals surface area (Å²) in [7, 11) is 0. The molecular formula is C15H13N3O5. The fourth-order valence-electron chi connectivity index (χ4n) is 1.93. The number of amides is 1. The number of nitro groups is 1. The van der Waals surface area contributed by atoms with Crippen molar-refractivity contribution in [1.29, 1.82) is 0 Å². The molecule has 0 aliphatic heterocycles. The summed E-state index contributed by atoms with van der Waals surface area (Å²) in [5, 5.41) is 13.5. The number of hydrogen-bond acceptors (Lipinski definition) is 6. The average Bonchev–Trinajstić information content (AvgIpc) is 2.56. The van der Waals surface area contributed by atoms with E-state index >= 15 is 0 Å². The van der Waals surface area contributed by atoms with Crippen LogP contribution in [0, 0.1) is 10.1 Å². The van der Waals surface area contributed by atoms with Crippen LogP contribution in [0.25, 0.3) is 0 Å². The number of allylic oxidation sites excluding steroid dienone is 1. The molecule has 1 aromatic rings. The van der Waals surface area contributed by atoms with E-state index in [4.69, 9.17) is 4.74 Å². The Balaban J connectivity index is 1.91. The highest BCUT2D eigenvalue weighted by Crippen LogP contribution is 2.24. The van der Waals surface area contributed by atoms with Crippen molar-refractivity contribution in [3.8, 4) is 0 Å². The molecule has 1 aliphatic rings. The number of benzene rings is 1. The summed E-state index contributed by atoms with van der Waals surface area (Å²) in [6, 6.07) is 9.14. The van der Waals surface area contributed by atoms with Gasteiger partial charge in [0.25, 0.3) is 0 Å². The summed E-state index contributed by atoms with van der Waals surface area (Å²) >= 11 is 0. The van der Waals surface area contributed by atoms with Crippen LogP contribution in [0.3, 0.4) is 0 Å². The number of carbonyl (C=O) groups excluding carboxylic acids is 2. The molecule has 0 bridgehead atoms. The van der Waals surface area contributed by atoms with Crippen molar-refractivity contribution in [2.24, 2.45) is 4.99 Å². The van der Waals surface area contributed by atoms with Gasteiger partial charge in [-0.3, -0.25) is 15.4 Å². The fourth-order valence-corrected chi connectivity index (χ4v) is 1.93. The molecule has 1 unspecified atom stereocenters. The summed E-state index contributed by atoms with van der Waals surface area (Å²) in [4.78, 5) is 35.5. The first kappa shape index (κ1) is 16.1. The number of alkyl carbamates (subject to hydrolysis) is 1. The maximum Gasteiger partial charge on any atom is 0.411 e. The maximum atomic E-state index is 11.7. The molecule has 1 amide bonds. The van der Waals surface area contributed by atoms with Crippen LogP contribution < -0.4 is 5.32 Å². The van der Waals surface area contributed by atoms with Crippen LogP contribution in [0.2, 0.25) is 0 Å². The second-order valence-electron chi connectivity index (χ2n) is 4.72. The molecular weight excluding hydrogens is 302 g/mol. The lowest BCUT2D eigenvalue weighted by Crippen LogP contribution is -2.36. The molecule has 0 saturated heterocycles. The molecule has 1 N–H and O–H groups in total. The van der Waals surface area contributed by atoms with Gasteiger partial charge in [-0.15, -0.1) is 4.99 Å². The third-order valence-electron chi connectivity index (χ3n) is 3.17. The van der Waals surface area contributed by atoms with E-state index in [0.717, 1.165) is 11.6 Å². The Labute approximate surface area is 131 Å². The number of nitrogens with zero attached hydrogens (tertiary/aromatic N) is 2. The van der Waals surface area contributed by atoms with Crippen LogP contribution in [-0.2, 0) is 16.1 Å². The normalized spacial score (nSPS) is 19.2. The average molecular weight is 315 g/mol. The SMILES string of the molecule is O=C=NC1([N+](=O)[O-])C=CC(NC(=O)OCc2ccccc2)=CC1. The van der Waals surface area contributed by atoms with Gasteiger partial charge in [-0.05, 0) is 11.6 Å². The van der Waals surface area contributed by atoms with E-state index in [9.17, 15) is 19.7 Å². The molecule has 8 nitrogen and oxygen atoms in total. The van der Waals surface area contributed by atoms with E-state index in [0.29, 0.717) is 5.70 Å². The fraction of sp³-hybridized carbons (Fsp3) is 0.200. The molecule has 0 aromatic heterocycles. The van der Waals surface area contributed by atoms with Gasteiger partial charge >= 0.3 is 11.8 Å². The molecule has 0 heterocycles. The first-order valence-electron chi connectivity index (χ1n) is 6.66. The number of rotatable bonds is 5. The van der Waals surface area contributed by atoms with E-state index in [1.54, 1.807) is 0 Å². The molecule has 0 saturated carbocycles. The minimum Gasteiger partial charge on any atom is -0.444 e. The number of ether oxygens (including phenoxy) is 1. The predicted octanol–water partition coefficient (Wildman–Crippen LogP) is 2.07. The van der Waals surface area contributed by atoms with E-state index < -0.39 is 16.7 Å². The first-order valence-corrected chi connectivity index (χ1v) is 6.66. The van der Waals surface area contributed by atoms with Gasteiger partial charge in [0, 0.05) is 11.8 Å². The summed E-state index contributed by atoms with van der Waals surface area (Å²) in [6.45, 7) is 0.109. The molecule has 2 rings (SSSR count). The summed E-state index contributed by atoms with van der Waals surface area (Å²) in [5.41, 5.74) is -0.689. The van der Waals surface area contributed by atoms with Crippen LogP contribution in [0.1, 0.15) is 12.0 Å². The number of aliphatic imine (C=N–C) groups is 1. The molecule has 1 aromatic carbocycles. The smallest absolute Gasteiger partial charge is 0.411 e. The monoisotopic (exact) mass is 315 g/mol. The summed E-state index contributed by atoms with van der Waals surface area (Å²) in [5.74, 6) is 0. The van der Waals surface area contributed by atoms with E-state index in [1.807, 2.05) is 30.3 Å². The standard InChI is InChI=1S/C15H13N3O5/c19-11-16-15(18(21)22)8-6-13(7-9-15)17-14(20)23-10-12-4-2-1-3-5-12/h1-8H,9-10H2,(H,17,20). The highest BCUT2D eigenvalue weighted by atomic mass is 16.6. The highest BCUT2D eigenvalue weighted by molar-refractivity contribution is 5.70. The number of nitrogens with one attached hydrogen (secondary N) is 1. The minimum absolute atomic E-state index is 0.109. The zero-order chi connectivity index (χ0) is 16.7. The molecule has 23 heavy (non-hydrogen) atoms. The minimum atomic E-state index is -1.86. The largest absolute Gasteiger partial charge is 0.444 e. The first-order chi connectivity index (χ1) is 11.1. The Bertz CT molecular complexity index is 703. The molecule has 0 radical (unpaired) electrons. The van der Waals surface area contributed by atoms with Crippen molar-refractivity contribution in [2.45, 2.75) is 18.7 Å². The molecule has 1 aliphatic carbocycles. The van der Waals surface area contributed by atoms with Crippen LogP contribution in [0.5, 0.6) is 0 Å².